The minimum Gasteiger partial charge on any atom is -0.469 e. The lowest BCUT2D eigenvalue weighted by Crippen LogP contribution is -2.49. The summed E-state index contributed by atoms with van der Waals surface area (Å²) in [5.41, 5.74) is 5.40. The third-order valence-electron chi connectivity index (χ3n) is 4.22. The van der Waals surface area contributed by atoms with Crippen LogP contribution >= 0.6 is 0 Å². The second-order valence-corrected chi connectivity index (χ2v) is 5.41. The van der Waals surface area contributed by atoms with Gasteiger partial charge in [-0.25, -0.2) is 0 Å². The van der Waals surface area contributed by atoms with Crippen molar-refractivity contribution in [2.24, 2.45) is 11.1 Å². The summed E-state index contributed by atoms with van der Waals surface area (Å²) in [7, 11) is 1.39. The van der Waals surface area contributed by atoms with Gasteiger partial charge < -0.3 is 15.4 Å². The summed E-state index contributed by atoms with van der Waals surface area (Å²) in [5, 5.41) is 0. The van der Waals surface area contributed by atoms with Gasteiger partial charge in [0.1, 0.15) is 0 Å². The van der Waals surface area contributed by atoms with Crippen LogP contribution in [-0.4, -0.2) is 43.0 Å². The van der Waals surface area contributed by atoms with Gasteiger partial charge in [0.2, 0.25) is 5.91 Å². The minimum atomic E-state index is -0.314. The molecule has 0 radical (unpaired) electrons. The molecule has 0 spiro atoms. The predicted molar refractivity (Wildman–Crippen MR) is 66.7 cm³/mol. The Labute approximate surface area is 108 Å². The van der Waals surface area contributed by atoms with Gasteiger partial charge in [-0.05, 0) is 32.1 Å². The van der Waals surface area contributed by atoms with E-state index in [1.54, 1.807) is 0 Å². The van der Waals surface area contributed by atoms with Crippen molar-refractivity contribution < 1.29 is 14.3 Å². The molecule has 1 saturated heterocycles. The topological polar surface area (TPSA) is 72.6 Å². The maximum atomic E-state index is 12.5. The molecule has 1 heterocycles. The van der Waals surface area contributed by atoms with E-state index in [0.717, 1.165) is 38.6 Å². The van der Waals surface area contributed by atoms with E-state index < -0.39 is 0 Å². The van der Waals surface area contributed by atoms with Crippen LogP contribution in [0.3, 0.4) is 0 Å². The number of methoxy groups -OCH3 is 1. The van der Waals surface area contributed by atoms with Crippen LogP contribution in [0.5, 0.6) is 0 Å². The lowest BCUT2D eigenvalue weighted by atomic mass is 9.95. The Hall–Kier alpha value is -1.10. The number of piperidine rings is 1. The first-order valence-electron chi connectivity index (χ1n) is 6.71. The number of nitrogens with two attached hydrogens (primary N) is 1. The molecule has 2 N–H and O–H groups in total. The summed E-state index contributed by atoms with van der Waals surface area (Å²) >= 11 is 0. The maximum absolute atomic E-state index is 12.5. The van der Waals surface area contributed by atoms with Gasteiger partial charge in [0.25, 0.3) is 0 Å². The molecule has 0 aromatic carbocycles. The van der Waals surface area contributed by atoms with Crippen molar-refractivity contribution in [3.8, 4) is 0 Å². The van der Waals surface area contributed by atoms with Crippen LogP contribution in [0.2, 0.25) is 0 Å². The van der Waals surface area contributed by atoms with Crippen molar-refractivity contribution in [2.45, 2.75) is 44.6 Å². The number of hydrogen-bond acceptors (Lipinski definition) is 4. The standard InChI is InChI=1S/C13H22N2O3/c1-18-11(16)8-10-4-2-3-7-15(10)12(17)13(9-14)5-6-13/h10H,2-9,14H2,1H3. The van der Waals surface area contributed by atoms with E-state index in [2.05, 4.69) is 0 Å². The Morgan fingerprint density at radius 3 is 2.67 bits per heavy atom. The molecule has 1 atom stereocenters. The number of likely N-dealkylation sites (tertiary alicyclic amines) is 1. The quantitative estimate of drug-likeness (QED) is 0.748. The number of rotatable bonds is 4. The van der Waals surface area contributed by atoms with Gasteiger partial charge in [-0.2, -0.15) is 0 Å². The molecule has 1 amide bonds. The lowest BCUT2D eigenvalue weighted by Gasteiger charge is -2.37. The highest BCUT2D eigenvalue weighted by Gasteiger charge is 2.51. The van der Waals surface area contributed by atoms with Gasteiger partial charge in [-0.15, -0.1) is 0 Å². The molecular formula is C13H22N2O3. The molecule has 5 nitrogen and oxygen atoms in total. The highest BCUT2D eigenvalue weighted by Crippen LogP contribution is 2.47. The van der Waals surface area contributed by atoms with Crippen LogP contribution in [0.4, 0.5) is 0 Å². The maximum Gasteiger partial charge on any atom is 0.307 e. The zero-order valence-electron chi connectivity index (χ0n) is 11.0. The Balaban J connectivity index is 2.03. The first-order chi connectivity index (χ1) is 8.63. The van der Waals surface area contributed by atoms with Crippen LogP contribution in [0.1, 0.15) is 38.5 Å². The highest BCUT2D eigenvalue weighted by molar-refractivity contribution is 5.86. The van der Waals surface area contributed by atoms with E-state index >= 15 is 0 Å². The Morgan fingerprint density at radius 2 is 2.11 bits per heavy atom. The largest absolute Gasteiger partial charge is 0.469 e. The summed E-state index contributed by atoms with van der Waals surface area (Å²) in [6.45, 7) is 1.18. The van der Waals surface area contributed by atoms with Crippen LogP contribution in [0.25, 0.3) is 0 Å². The van der Waals surface area contributed by atoms with Crippen molar-refractivity contribution in [3.63, 3.8) is 0 Å². The van der Waals surface area contributed by atoms with Crippen molar-refractivity contribution in [1.82, 2.24) is 4.90 Å². The Bertz CT molecular complexity index is 339. The highest BCUT2D eigenvalue weighted by atomic mass is 16.5. The van der Waals surface area contributed by atoms with Crippen molar-refractivity contribution in [1.29, 1.82) is 0 Å². The smallest absolute Gasteiger partial charge is 0.307 e. The molecule has 2 rings (SSSR count). The van der Waals surface area contributed by atoms with Crippen LogP contribution < -0.4 is 5.73 Å². The van der Waals surface area contributed by atoms with Crippen LogP contribution in [0.15, 0.2) is 0 Å². The van der Waals surface area contributed by atoms with Crippen molar-refractivity contribution >= 4 is 11.9 Å². The summed E-state index contributed by atoms with van der Waals surface area (Å²) in [5.74, 6) is -0.0871. The Morgan fingerprint density at radius 1 is 1.39 bits per heavy atom. The molecule has 5 heteroatoms. The molecule has 2 aliphatic rings. The molecule has 0 aromatic heterocycles. The molecule has 102 valence electrons. The van der Waals surface area contributed by atoms with Gasteiger partial charge in [0.05, 0.1) is 18.9 Å². The molecule has 2 fully saturated rings. The summed E-state index contributed by atoms with van der Waals surface area (Å²) < 4.78 is 4.71. The fourth-order valence-electron chi connectivity index (χ4n) is 2.72. The minimum absolute atomic E-state index is 0.00252. The number of carbonyl (C=O) groups excluding carboxylic acids is 2. The number of hydrogen-bond donors (Lipinski definition) is 1. The first kappa shape index (κ1) is 13.3. The van der Waals surface area contributed by atoms with Gasteiger partial charge in [0, 0.05) is 19.1 Å². The van der Waals surface area contributed by atoms with E-state index in [-0.39, 0.29) is 23.3 Å². The number of amides is 1. The average Bonchev–Trinajstić information content (AvgIpc) is 3.19. The first-order valence-corrected chi connectivity index (χ1v) is 6.71. The van der Waals surface area contributed by atoms with Crippen LogP contribution in [-0.2, 0) is 14.3 Å². The molecule has 1 unspecified atom stereocenters. The van der Waals surface area contributed by atoms with Gasteiger partial charge in [0.15, 0.2) is 0 Å². The van der Waals surface area contributed by atoms with Crippen LogP contribution in [0, 0.1) is 5.41 Å². The normalized spacial score (nSPS) is 25.7. The molecule has 1 aliphatic carbocycles. The molecule has 18 heavy (non-hydrogen) atoms. The van der Waals surface area contributed by atoms with E-state index in [4.69, 9.17) is 10.5 Å². The van der Waals surface area contributed by atoms with Gasteiger partial charge in [-0.3, -0.25) is 9.59 Å². The van der Waals surface area contributed by atoms with Crippen molar-refractivity contribution in [3.05, 3.63) is 0 Å². The fourth-order valence-corrected chi connectivity index (χ4v) is 2.72. The average molecular weight is 254 g/mol. The Kier molecular flexibility index (Phi) is 3.90. The molecule has 0 bridgehead atoms. The summed E-state index contributed by atoms with van der Waals surface area (Å²) in [4.78, 5) is 25.8. The van der Waals surface area contributed by atoms with Crippen molar-refractivity contribution in [2.75, 3.05) is 20.2 Å². The van der Waals surface area contributed by atoms with Gasteiger partial charge >= 0.3 is 5.97 Å². The van der Waals surface area contributed by atoms with E-state index in [1.807, 2.05) is 4.90 Å². The van der Waals surface area contributed by atoms with E-state index in [0.29, 0.717) is 13.0 Å². The summed E-state index contributed by atoms with van der Waals surface area (Å²) in [6.07, 6.45) is 5.07. The third-order valence-corrected chi connectivity index (χ3v) is 4.22. The molecule has 1 aliphatic heterocycles. The SMILES string of the molecule is COC(=O)CC1CCCCN1C(=O)C1(CN)CC1. The number of esters is 1. The van der Waals surface area contributed by atoms with E-state index in [9.17, 15) is 9.59 Å². The molecule has 0 aromatic rings. The van der Waals surface area contributed by atoms with Gasteiger partial charge in [-0.1, -0.05) is 0 Å². The molecular weight excluding hydrogens is 232 g/mol. The zero-order chi connectivity index (χ0) is 13.2. The molecule has 1 saturated carbocycles. The predicted octanol–water partition coefficient (Wildman–Crippen LogP) is 0.669. The monoisotopic (exact) mass is 254 g/mol. The third kappa shape index (κ3) is 2.51. The number of carbonyl (C=O) groups is 2. The second-order valence-electron chi connectivity index (χ2n) is 5.41. The zero-order valence-corrected chi connectivity index (χ0v) is 11.0. The number of ether oxygens (including phenoxy) is 1. The van der Waals surface area contributed by atoms with E-state index in [1.165, 1.54) is 7.11 Å². The number of nitrogens with zero attached hydrogens (tertiary/aromatic N) is 1. The fraction of sp³-hybridized carbons (Fsp3) is 0.846. The summed E-state index contributed by atoms with van der Waals surface area (Å²) in [6, 6.07) is 0.00252. The second kappa shape index (κ2) is 5.26. The lowest BCUT2D eigenvalue weighted by molar-refractivity contribution is -0.146.